The molecular formula is C12H15F2NOS. The molecule has 2 atom stereocenters. The number of hydrogen-bond donors (Lipinski definition) is 1. The minimum atomic E-state index is -0.909. The molecule has 0 aromatic heterocycles. The van der Waals surface area contributed by atoms with Crippen LogP contribution in [0.3, 0.4) is 0 Å². The van der Waals surface area contributed by atoms with Crippen molar-refractivity contribution in [2.75, 3.05) is 25.1 Å². The number of likely N-dealkylation sites (N-methyl/N-ethyl adjacent to an activating group) is 1. The van der Waals surface area contributed by atoms with E-state index in [2.05, 4.69) is 0 Å². The number of nitrogens with zero attached hydrogens (tertiary/aromatic N) is 1. The fourth-order valence-corrected chi connectivity index (χ4v) is 3.25. The average molecular weight is 259 g/mol. The standard InChI is InChI=1S/C12H15F2NOS/c1-15-4-5-17-7-11(15)12(16)9-3-2-8(13)6-10(9)14/h2-3,6,11-12,16H,4-5,7H2,1H3. The van der Waals surface area contributed by atoms with E-state index in [0.717, 1.165) is 24.1 Å². The molecule has 0 spiro atoms. The summed E-state index contributed by atoms with van der Waals surface area (Å²) in [4.78, 5) is 2.02. The van der Waals surface area contributed by atoms with Crippen molar-refractivity contribution >= 4 is 11.8 Å². The maximum Gasteiger partial charge on any atom is 0.131 e. The Bertz CT molecular complexity index is 402. The molecule has 1 N–H and O–H groups in total. The number of halogens is 2. The Balaban J connectivity index is 2.20. The first-order valence-corrected chi connectivity index (χ1v) is 6.66. The quantitative estimate of drug-likeness (QED) is 0.879. The van der Waals surface area contributed by atoms with E-state index in [1.54, 1.807) is 11.8 Å². The summed E-state index contributed by atoms with van der Waals surface area (Å²) in [5, 5.41) is 10.2. The van der Waals surface area contributed by atoms with Crippen LogP contribution in [0.5, 0.6) is 0 Å². The van der Waals surface area contributed by atoms with Crippen molar-refractivity contribution in [3.05, 3.63) is 35.4 Å². The molecule has 0 saturated carbocycles. The second kappa shape index (κ2) is 5.33. The summed E-state index contributed by atoms with van der Waals surface area (Å²) < 4.78 is 26.4. The smallest absolute Gasteiger partial charge is 0.131 e. The van der Waals surface area contributed by atoms with Crippen LogP contribution in [0.2, 0.25) is 0 Å². The second-order valence-corrected chi connectivity index (χ2v) is 5.38. The molecule has 0 amide bonds. The van der Waals surface area contributed by atoms with Gasteiger partial charge in [0.2, 0.25) is 0 Å². The van der Waals surface area contributed by atoms with E-state index in [4.69, 9.17) is 0 Å². The van der Waals surface area contributed by atoms with Gasteiger partial charge in [0.15, 0.2) is 0 Å². The molecule has 17 heavy (non-hydrogen) atoms. The molecule has 1 saturated heterocycles. The van der Waals surface area contributed by atoms with Crippen molar-refractivity contribution in [2.24, 2.45) is 0 Å². The third-order valence-corrected chi connectivity index (χ3v) is 4.14. The predicted octanol–water partition coefficient (Wildman–Crippen LogP) is 2.05. The SMILES string of the molecule is CN1CCSCC1C(O)c1ccc(F)cc1F. The zero-order valence-corrected chi connectivity index (χ0v) is 10.4. The monoisotopic (exact) mass is 259 g/mol. The van der Waals surface area contributed by atoms with E-state index in [-0.39, 0.29) is 11.6 Å². The molecule has 0 radical (unpaired) electrons. The van der Waals surface area contributed by atoms with Crippen molar-refractivity contribution in [3.63, 3.8) is 0 Å². The Labute approximate surface area is 104 Å². The van der Waals surface area contributed by atoms with E-state index in [9.17, 15) is 13.9 Å². The van der Waals surface area contributed by atoms with Crippen LogP contribution >= 0.6 is 11.8 Å². The Morgan fingerprint density at radius 3 is 2.88 bits per heavy atom. The van der Waals surface area contributed by atoms with Gasteiger partial charge in [0.25, 0.3) is 0 Å². The van der Waals surface area contributed by atoms with Gasteiger partial charge in [-0.05, 0) is 13.1 Å². The number of rotatable bonds is 2. The van der Waals surface area contributed by atoms with Gasteiger partial charge < -0.3 is 5.11 Å². The number of aliphatic hydroxyl groups excluding tert-OH is 1. The van der Waals surface area contributed by atoms with Crippen LogP contribution in [0.1, 0.15) is 11.7 Å². The molecule has 1 aliphatic heterocycles. The lowest BCUT2D eigenvalue weighted by molar-refractivity contribution is 0.0730. The molecule has 1 aromatic rings. The third kappa shape index (κ3) is 2.78. The van der Waals surface area contributed by atoms with Gasteiger partial charge in [-0.25, -0.2) is 8.78 Å². The molecule has 1 heterocycles. The van der Waals surface area contributed by atoms with Crippen molar-refractivity contribution in [2.45, 2.75) is 12.1 Å². The highest BCUT2D eigenvalue weighted by Gasteiger charge is 2.29. The van der Waals surface area contributed by atoms with E-state index >= 15 is 0 Å². The number of aliphatic hydroxyl groups is 1. The molecule has 2 rings (SSSR count). The third-order valence-electron chi connectivity index (χ3n) is 3.09. The van der Waals surface area contributed by atoms with Crippen LogP contribution in [0.25, 0.3) is 0 Å². The number of thioether (sulfide) groups is 1. The molecule has 2 nitrogen and oxygen atoms in total. The van der Waals surface area contributed by atoms with Gasteiger partial charge in [-0.1, -0.05) is 6.07 Å². The van der Waals surface area contributed by atoms with Gasteiger partial charge in [-0.15, -0.1) is 0 Å². The minimum absolute atomic E-state index is 0.117. The first-order valence-electron chi connectivity index (χ1n) is 5.50. The van der Waals surface area contributed by atoms with Crippen molar-refractivity contribution in [3.8, 4) is 0 Å². The summed E-state index contributed by atoms with van der Waals surface area (Å²) in [6.45, 7) is 0.870. The summed E-state index contributed by atoms with van der Waals surface area (Å²) in [7, 11) is 1.91. The zero-order chi connectivity index (χ0) is 12.4. The lowest BCUT2D eigenvalue weighted by atomic mass is 10.0. The summed E-state index contributed by atoms with van der Waals surface area (Å²) in [6, 6.07) is 3.20. The Morgan fingerprint density at radius 1 is 1.47 bits per heavy atom. The van der Waals surface area contributed by atoms with Crippen molar-refractivity contribution in [1.82, 2.24) is 4.90 Å². The summed E-state index contributed by atoms with van der Waals surface area (Å²) >= 11 is 1.74. The van der Waals surface area contributed by atoms with E-state index in [0.29, 0.717) is 0 Å². The average Bonchev–Trinajstić information content (AvgIpc) is 2.29. The second-order valence-electron chi connectivity index (χ2n) is 4.23. The van der Waals surface area contributed by atoms with Gasteiger partial charge in [-0.3, -0.25) is 4.90 Å². The maximum atomic E-state index is 13.6. The largest absolute Gasteiger partial charge is 0.387 e. The van der Waals surface area contributed by atoms with Crippen LogP contribution < -0.4 is 0 Å². The molecule has 0 aliphatic carbocycles. The molecule has 94 valence electrons. The normalized spacial score (nSPS) is 23.6. The van der Waals surface area contributed by atoms with Crippen LogP contribution in [0, 0.1) is 11.6 Å². The number of benzene rings is 1. The van der Waals surface area contributed by atoms with Crippen molar-refractivity contribution < 1.29 is 13.9 Å². The Hall–Kier alpha value is -0.650. The van der Waals surface area contributed by atoms with Crippen LogP contribution in [-0.2, 0) is 0 Å². The van der Waals surface area contributed by atoms with E-state index < -0.39 is 17.7 Å². The van der Waals surface area contributed by atoms with Crippen LogP contribution in [-0.4, -0.2) is 41.1 Å². The first-order chi connectivity index (χ1) is 8.09. The highest BCUT2D eigenvalue weighted by Crippen LogP contribution is 2.28. The first kappa shape index (κ1) is 12.8. The topological polar surface area (TPSA) is 23.5 Å². The van der Waals surface area contributed by atoms with Crippen LogP contribution in [0.15, 0.2) is 18.2 Å². The molecule has 2 unspecified atom stereocenters. The summed E-state index contributed by atoms with van der Waals surface area (Å²) in [5.41, 5.74) is 0.172. The lowest BCUT2D eigenvalue weighted by Crippen LogP contribution is -2.43. The molecular weight excluding hydrogens is 244 g/mol. The summed E-state index contributed by atoms with van der Waals surface area (Å²) in [5.74, 6) is 0.478. The van der Waals surface area contributed by atoms with Gasteiger partial charge in [0, 0.05) is 35.7 Å². The highest BCUT2D eigenvalue weighted by molar-refractivity contribution is 7.99. The maximum absolute atomic E-state index is 13.6. The number of hydrogen-bond acceptors (Lipinski definition) is 3. The fraction of sp³-hybridized carbons (Fsp3) is 0.500. The van der Waals surface area contributed by atoms with Gasteiger partial charge >= 0.3 is 0 Å². The Kier molecular flexibility index (Phi) is 4.01. The molecule has 1 aromatic carbocycles. The lowest BCUT2D eigenvalue weighted by Gasteiger charge is -2.35. The highest BCUT2D eigenvalue weighted by atomic mass is 32.2. The van der Waals surface area contributed by atoms with E-state index in [1.165, 1.54) is 12.1 Å². The van der Waals surface area contributed by atoms with Gasteiger partial charge in [0.05, 0.1) is 6.10 Å². The van der Waals surface area contributed by atoms with Crippen molar-refractivity contribution in [1.29, 1.82) is 0 Å². The van der Waals surface area contributed by atoms with E-state index in [1.807, 2.05) is 11.9 Å². The van der Waals surface area contributed by atoms with Crippen LogP contribution in [0.4, 0.5) is 8.78 Å². The molecule has 1 fully saturated rings. The molecule has 1 aliphatic rings. The molecule has 0 bridgehead atoms. The van der Waals surface area contributed by atoms with Gasteiger partial charge in [0.1, 0.15) is 11.6 Å². The Morgan fingerprint density at radius 2 is 2.24 bits per heavy atom. The minimum Gasteiger partial charge on any atom is -0.387 e. The van der Waals surface area contributed by atoms with Gasteiger partial charge in [-0.2, -0.15) is 11.8 Å². The summed E-state index contributed by atoms with van der Waals surface area (Å²) in [6.07, 6.45) is -0.909. The molecule has 5 heteroatoms. The fourth-order valence-electron chi connectivity index (χ4n) is 1.99. The predicted molar refractivity (Wildman–Crippen MR) is 65.1 cm³/mol. The zero-order valence-electron chi connectivity index (χ0n) is 9.57.